The van der Waals surface area contributed by atoms with Crippen LogP contribution in [-0.4, -0.2) is 347 Å². The van der Waals surface area contributed by atoms with Gasteiger partial charge in [0.25, 0.3) is 11.5 Å². The molecule has 3 aromatic rings. The first-order valence-corrected chi connectivity index (χ1v) is 30.3. The van der Waals surface area contributed by atoms with Crippen molar-refractivity contribution < 1.29 is 160 Å². The molecule has 3 rings (SSSR count). The zero-order valence-electron chi connectivity index (χ0n) is 52.6. The van der Waals surface area contributed by atoms with Crippen molar-refractivity contribution in [3.8, 4) is 0 Å². The molecule has 102 heavy (non-hydrogen) atoms. The zero-order valence-corrected chi connectivity index (χ0v) is 53.5. The number of aliphatic carboxylic acids is 4. The minimum atomic E-state index is -3.09. The quantitative estimate of drug-likeness (QED) is 0.0234. The Balaban J connectivity index is 2.00. The number of nitrogens with two attached hydrogens (primary N) is 1. The number of aromatic amines is 1. The van der Waals surface area contributed by atoms with Gasteiger partial charge < -0.3 is 156 Å². The number of carbonyl (C=O) groups is 12. The molecule has 32 N–H and O–H groups in total. The van der Waals surface area contributed by atoms with Gasteiger partial charge >= 0.3 is 23.9 Å². The Morgan fingerprint density at radius 1 is 0.471 bits per heavy atom. The Hall–Kier alpha value is -9.61. The summed E-state index contributed by atoms with van der Waals surface area (Å²) in [7, 11) is 0. The number of carboxylic acids is 4. The number of fused-ring (bicyclic) bond motifs is 1. The minimum Gasteiger partial charge on any atom is -0.481 e. The number of aliphatic hydroxyl groups is 16. The third kappa shape index (κ3) is 25.2. The highest BCUT2D eigenvalue weighted by Crippen LogP contribution is 2.17. The van der Waals surface area contributed by atoms with E-state index in [9.17, 15) is 164 Å². The number of benzene rings is 1. The summed E-state index contributed by atoms with van der Waals surface area (Å²) in [6, 6.07) is -15.7. The van der Waals surface area contributed by atoms with Crippen LogP contribution < -0.4 is 59.1 Å². The highest BCUT2D eigenvalue weighted by Gasteiger charge is 2.46. The molecule has 2 heterocycles. The molecular formula is C54H78N14O33S. The van der Waals surface area contributed by atoms with Crippen molar-refractivity contribution in [1.82, 2.24) is 62.5 Å². The molecule has 0 bridgehead atoms. The van der Waals surface area contributed by atoms with Gasteiger partial charge in [-0.2, -0.15) is 17.6 Å². The van der Waals surface area contributed by atoms with E-state index in [4.69, 9.17) is 5.73 Å². The fraction of sp³-hybridized carbons (Fsp3) is 0.556. The Kier molecular flexibility index (Phi) is 34.6. The summed E-state index contributed by atoms with van der Waals surface area (Å²) < 4.78 is 0. The van der Waals surface area contributed by atoms with Crippen molar-refractivity contribution in [2.75, 3.05) is 43.2 Å². The lowest BCUT2D eigenvalue weighted by Gasteiger charge is -2.34. The monoisotopic (exact) mass is 1480 g/mol. The lowest BCUT2D eigenvalue weighted by Crippen LogP contribution is -2.67. The van der Waals surface area contributed by atoms with E-state index in [2.05, 4.69) is 43.2 Å². The van der Waals surface area contributed by atoms with Gasteiger partial charge in [-0.1, -0.05) is 0 Å². The van der Waals surface area contributed by atoms with Crippen molar-refractivity contribution in [3.63, 3.8) is 0 Å². The summed E-state index contributed by atoms with van der Waals surface area (Å²) in [6.07, 6.45) is -36.4. The maximum Gasteiger partial charge on any atom is 0.327 e. The van der Waals surface area contributed by atoms with Crippen LogP contribution in [0.25, 0.3) is 11.2 Å². The number of nitrogens with zero attached hydrogens (tertiary/aromatic N) is 3. The molecule has 48 heteroatoms. The molecule has 8 amide bonds. The summed E-state index contributed by atoms with van der Waals surface area (Å²) in [4.78, 5) is 186. The van der Waals surface area contributed by atoms with Gasteiger partial charge in [0.2, 0.25) is 47.3 Å². The molecule has 0 radical (unpaired) electrons. The molecule has 1 aromatic carbocycles. The summed E-state index contributed by atoms with van der Waals surface area (Å²) in [5.41, 5.74) is 5.23. The fourth-order valence-corrected chi connectivity index (χ4v) is 9.10. The van der Waals surface area contributed by atoms with Crippen LogP contribution in [-0.2, 0) is 59.3 Å². The minimum absolute atomic E-state index is 0.00913. The molecule has 0 spiro atoms. The Labute approximate surface area is 576 Å². The third-order valence-corrected chi connectivity index (χ3v) is 15.0. The van der Waals surface area contributed by atoms with E-state index < -0.39 is 256 Å². The van der Waals surface area contributed by atoms with Gasteiger partial charge in [-0.05, 0) is 30.7 Å². The molecule has 0 saturated carbocycles. The Bertz CT molecular complexity index is 3470. The van der Waals surface area contributed by atoms with Gasteiger partial charge in [0.05, 0.1) is 57.7 Å². The van der Waals surface area contributed by atoms with Crippen molar-refractivity contribution in [2.45, 2.75) is 154 Å². The molecule has 0 aliphatic heterocycles. The van der Waals surface area contributed by atoms with Gasteiger partial charge in [0, 0.05) is 23.4 Å². The van der Waals surface area contributed by atoms with Crippen LogP contribution in [0.2, 0.25) is 0 Å². The number of thiol groups is 1. The van der Waals surface area contributed by atoms with Crippen molar-refractivity contribution in [2.24, 2.45) is 0 Å². The van der Waals surface area contributed by atoms with Crippen molar-refractivity contribution in [1.29, 1.82) is 0 Å². The normalized spacial score (nSPS) is 17.4. The maximum absolute atomic E-state index is 14.4. The summed E-state index contributed by atoms with van der Waals surface area (Å²) in [5, 5.41) is 222. The lowest BCUT2D eigenvalue weighted by molar-refractivity contribution is -0.149. The van der Waals surface area contributed by atoms with Crippen molar-refractivity contribution >= 4 is 107 Å². The van der Waals surface area contributed by atoms with E-state index in [1.807, 2.05) is 5.32 Å². The molecule has 1 unspecified atom stereocenters. The number of rotatable bonds is 44. The van der Waals surface area contributed by atoms with Crippen LogP contribution in [0.4, 0.5) is 11.6 Å². The van der Waals surface area contributed by atoms with Crippen LogP contribution in [0.1, 0.15) is 41.7 Å². The average molecular weight is 1480 g/mol. The summed E-state index contributed by atoms with van der Waals surface area (Å²) >= 11 is 3.73. The second-order valence-electron chi connectivity index (χ2n) is 22.1. The van der Waals surface area contributed by atoms with Crippen LogP contribution in [0, 0.1) is 0 Å². The molecule has 0 saturated heterocycles. The number of nitrogens with one attached hydrogen (secondary N) is 10. The van der Waals surface area contributed by atoms with E-state index in [1.54, 1.807) is 31.9 Å². The molecular weight excluding hydrogens is 1400 g/mol. The third-order valence-electron chi connectivity index (χ3n) is 14.6. The number of H-pyrrole nitrogens is 1. The van der Waals surface area contributed by atoms with E-state index in [-0.39, 0.29) is 34.9 Å². The number of carbonyl (C=O) groups excluding carboxylic acids is 8. The lowest BCUT2D eigenvalue weighted by atomic mass is 9.96. The first kappa shape index (κ1) is 86.6. The highest BCUT2D eigenvalue weighted by atomic mass is 32.1. The summed E-state index contributed by atoms with van der Waals surface area (Å²) in [5.74, 6) is -23.0. The Morgan fingerprint density at radius 3 is 1.22 bits per heavy atom. The first-order chi connectivity index (χ1) is 47.8. The highest BCUT2D eigenvalue weighted by molar-refractivity contribution is 7.80. The second kappa shape index (κ2) is 40.7. The SMILES string of the molecule is Nc1nc2ncc(CNc3ccc(C(=O)N[C@@H](CCC(=O)N[C@H](C(=O)N[C@@H](CC(=O)O)C(=O)N[C@H](C(=O)N[C@H](C(=O)N[C@@H](CC(=O)O)C(=O)NC(C(=O)N[C@H](CS)C(=O)O)[C@H](O)[C@@H](O)[C@@H](O)CO)[C@H](O)[C@@H](O)[C@@H](O)CO)[C@@H](O)[C@H](O)[C@H](O)CO)[C@@H](O)[C@H](O)[C@H](O)CO)C(=O)O)cc3)nc2c(=O)[nH]1. The number of carboxylic acid groups (broad SMARTS) is 4. The number of anilines is 2. The van der Waals surface area contributed by atoms with E-state index in [1.165, 1.54) is 30.5 Å². The average Bonchev–Trinajstić information content (AvgIpc) is 0.822. The molecule has 2 aromatic heterocycles. The topological polar surface area (TPSA) is 815 Å². The standard InChI is InChI=1S/C54H78N14O33S/c55-54-67-43-34(51(97)68-54)58-18(10-57-43)9-56-17-3-1-16(2-4-17)44(90)59-19(52(98)99)5-6-27(77)63-30(39(86)35(82)23(73)11-69)47(93)60-20(7-28(78)79)46(92)65-33(42(89)38(85)26(76)14-72)50(96)66-32(41(88)37(84)25(75)13-71)48(94)61-21(8-29(80)81)45(91)64-31(40(87)36(83)24(74)12-70)49(95)62-22(15-102)53(100)101/h1-4,10,19-26,30-33,35-42,56,69-76,82-89,102H,5-9,11-15H2,(H,59,90)(H,60,93)(H,61,94)(H,62,95)(H,63,77)(H,64,91)(H,65,92)(H,66,96)(H,78,79)(H,80,81)(H,98,99)(H,100,101)(H3,55,57,67,68,97)/t19-,20-,21-,22+,23+,24-,25-,26+,30-,31?,32-,33-,35+,36-,37-,38+,39+,40-,41-,42+/m0/s1. The van der Waals surface area contributed by atoms with Gasteiger partial charge in [-0.15, -0.1) is 0 Å². The molecule has 0 fully saturated rings. The van der Waals surface area contributed by atoms with Gasteiger partial charge in [-0.3, -0.25) is 57.7 Å². The number of hydrogen-bond donors (Lipinski definition) is 32. The largest absolute Gasteiger partial charge is 0.481 e. The number of aromatic nitrogens is 4. The van der Waals surface area contributed by atoms with Crippen molar-refractivity contribution in [3.05, 3.63) is 52.1 Å². The van der Waals surface area contributed by atoms with Gasteiger partial charge in [-0.25, -0.2) is 19.6 Å². The van der Waals surface area contributed by atoms with Gasteiger partial charge in [0.15, 0.2) is 11.2 Å². The first-order valence-electron chi connectivity index (χ1n) is 29.7. The molecule has 568 valence electrons. The van der Waals surface area contributed by atoms with Crippen LogP contribution >= 0.6 is 12.6 Å². The zero-order chi connectivity index (χ0) is 77.3. The summed E-state index contributed by atoms with van der Waals surface area (Å²) in [6.45, 7) is -5.73. The van der Waals surface area contributed by atoms with E-state index >= 15 is 0 Å². The maximum atomic E-state index is 14.4. The predicted molar refractivity (Wildman–Crippen MR) is 334 cm³/mol. The fourth-order valence-electron chi connectivity index (χ4n) is 8.85. The van der Waals surface area contributed by atoms with Crippen LogP contribution in [0.3, 0.4) is 0 Å². The van der Waals surface area contributed by atoms with Crippen LogP contribution in [0.5, 0.6) is 0 Å². The second-order valence-corrected chi connectivity index (χ2v) is 22.5. The molecule has 0 aliphatic carbocycles. The van der Waals surface area contributed by atoms with E-state index in [0.29, 0.717) is 5.69 Å². The molecule has 20 atom stereocenters. The number of aliphatic hydroxyl groups excluding tert-OH is 16. The van der Waals surface area contributed by atoms with Gasteiger partial charge in [0.1, 0.15) is 122 Å². The number of amides is 8. The van der Waals surface area contributed by atoms with E-state index in [0.717, 1.165) is 0 Å². The Morgan fingerprint density at radius 2 is 0.843 bits per heavy atom. The smallest absolute Gasteiger partial charge is 0.327 e. The number of nitrogen functional groups attached to an aromatic ring is 1. The number of hydrogen-bond acceptors (Lipinski definition) is 35. The molecule has 0 aliphatic rings. The molecule has 47 nitrogen and oxygen atoms in total. The van der Waals surface area contributed by atoms with Crippen LogP contribution in [0.15, 0.2) is 35.3 Å². The predicted octanol–water partition coefficient (Wildman–Crippen LogP) is -16.5.